The van der Waals surface area contributed by atoms with Crippen molar-refractivity contribution in [3.05, 3.63) is 34.9 Å². The molecular formula is C17H27O4P. The summed E-state index contributed by atoms with van der Waals surface area (Å²) < 4.78 is 4.41. The molecule has 1 aromatic carbocycles. The maximum Gasteiger partial charge on any atom is 0.393 e. The zero-order valence-corrected chi connectivity index (χ0v) is 15.2. The predicted octanol–water partition coefficient (Wildman–Crippen LogP) is 3.97. The van der Waals surface area contributed by atoms with Gasteiger partial charge in [-0.3, -0.25) is 4.79 Å². The van der Waals surface area contributed by atoms with Crippen LogP contribution in [0.3, 0.4) is 0 Å². The van der Waals surface area contributed by atoms with Crippen molar-refractivity contribution < 1.29 is 19.1 Å². The Morgan fingerprint density at radius 2 is 1.68 bits per heavy atom. The van der Waals surface area contributed by atoms with Crippen molar-refractivity contribution in [2.45, 2.75) is 65.2 Å². The molecule has 1 rings (SSSR count). The summed E-state index contributed by atoms with van der Waals surface area (Å²) in [5, 5.41) is 0. The molecule has 0 aliphatic heterocycles. The van der Waals surface area contributed by atoms with Crippen LogP contribution < -0.4 is 0 Å². The molecule has 1 aromatic rings. The number of benzene rings is 1. The molecule has 0 spiro atoms. The lowest BCUT2D eigenvalue weighted by molar-refractivity contribution is -0.134. The highest BCUT2D eigenvalue weighted by atomic mass is 31.2. The van der Waals surface area contributed by atoms with E-state index in [1.54, 1.807) is 0 Å². The summed E-state index contributed by atoms with van der Waals surface area (Å²) in [5.41, 5.74) is 3.61. The monoisotopic (exact) mass is 326 g/mol. The number of carbonyl (C=O) groups excluding carboxylic acids is 1. The van der Waals surface area contributed by atoms with E-state index in [4.69, 9.17) is 9.79 Å². The van der Waals surface area contributed by atoms with E-state index in [-0.39, 0.29) is 17.3 Å². The molecule has 0 bridgehead atoms. The van der Waals surface area contributed by atoms with Crippen LogP contribution in [-0.2, 0) is 26.6 Å². The molecule has 5 heteroatoms. The van der Waals surface area contributed by atoms with Gasteiger partial charge in [0, 0.05) is 6.42 Å². The summed E-state index contributed by atoms with van der Waals surface area (Å²) in [6.07, 6.45) is 0.664. The second-order valence-corrected chi connectivity index (χ2v) is 8.28. The lowest BCUT2D eigenvalue weighted by Crippen LogP contribution is -2.19. The van der Waals surface area contributed by atoms with E-state index in [0.29, 0.717) is 6.42 Å². The maximum atomic E-state index is 11.5. The van der Waals surface area contributed by atoms with Gasteiger partial charge in [-0.05, 0) is 33.9 Å². The van der Waals surface area contributed by atoms with Crippen LogP contribution in [-0.4, -0.2) is 15.8 Å². The van der Waals surface area contributed by atoms with Gasteiger partial charge in [0.2, 0.25) is 0 Å². The summed E-state index contributed by atoms with van der Waals surface area (Å²) in [5.74, 6) is -0.587. The van der Waals surface area contributed by atoms with Crippen LogP contribution >= 0.6 is 8.60 Å². The lowest BCUT2D eigenvalue weighted by atomic mass is 9.78. The largest absolute Gasteiger partial charge is 0.394 e. The van der Waals surface area contributed by atoms with E-state index in [1.807, 2.05) is 0 Å². The van der Waals surface area contributed by atoms with Crippen LogP contribution in [0, 0.1) is 0 Å². The van der Waals surface area contributed by atoms with Gasteiger partial charge in [-0.2, -0.15) is 0 Å². The number of carbonyl (C=O) groups is 1. The molecule has 124 valence electrons. The Balaban J connectivity index is 3.02. The van der Waals surface area contributed by atoms with Crippen molar-refractivity contribution in [3.8, 4) is 0 Å². The van der Waals surface area contributed by atoms with E-state index in [2.05, 4.69) is 64.3 Å². The van der Waals surface area contributed by atoms with Crippen LogP contribution in [0.15, 0.2) is 18.2 Å². The molecule has 0 aliphatic carbocycles. The van der Waals surface area contributed by atoms with Crippen molar-refractivity contribution in [1.29, 1.82) is 0 Å². The van der Waals surface area contributed by atoms with Gasteiger partial charge in [-0.25, -0.2) is 0 Å². The third-order valence-corrected chi connectivity index (χ3v) is 3.93. The minimum Gasteiger partial charge on any atom is -0.394 e. The average molecular weight is 326 g/mol. The Morgan fingerprint density at radius 1 is 1.09 bits per heavy atom. The Morgan fingerprint density at radius 3 is 2.14 bits per heavy atom. The van der Waals surface area contributed by atoms with Gasteiger partial charge in [0.15, 0.2) is 0 Å². The van der Waals surface area contributed by atoms with Gasteiger partial charge in [-0.1, -0.05) is 59.7 Å². The summed E-state index contributed by atoms with van der Waals surface area (Å²) >= 11 is 0. The van der Waals surface area contributed by atoms with E-state index in [1.165, 1.54) is 11.1 Å². The van der Waals surface area contributed by atoms with E-state index >= 15 is 0 Å². The highest BCUT2D eigenvalue weighted by molar-refractivity contribution is 7.40. The zero-order valence-electron chi connectivity index (χ0n) is 14.3. The molecule has 0 saturated heterocycles. The topological polar surface area (TPSA) is 66.8 Å². The number of hydrogen-bond donors (Lipinski definition) is 2. The molecule has 2 N–H and O–H groups in total. The smallest absolute Gasteiger partial charge is 0.393 e. The molecule has 0 saturated carbocycles. The first-order valence-corrected chi connectivity index (χ1v) is 8.60. The van der Waals surface area contributed by atoms with Crippen LogP contribution in [0.5, 0.6) is 0 Å². The van der Waals surface area contributed by atoms with Gasteiger partial charge in [-0.15, -0.1) is 0 Å². The van der Waals surface area contributed by atoms with Crippen LogP contribution in [0.1, 0.15) is 64.7 Å². The standard InChI is InChI=1S/C17H27O4P/c1-16(2,3)13-9-7-12(14(11-13)17(4,5)6)8-10-15(18)21-22(19)20/h7,9,11,19-20H,8,10H2,1-6H3. The van der Waals surface area contributed by atoms with Gasteiger partial charge >= 0.3 is 14.6 Å². The minimum atomic E-state index is -2.62. The lowest BCUT2D eigenvalue weighted by Gasteiger charge is -2.27. The van der Waals surface area contributed by atoms with Gasteiger partial charge in [0.25, 0.3) is 0 Å². The summed E-state index contributed by atoms with van der Waals surface area (Å²) in [6.45, 7) is 13.0. The quantitative estimate of drug-likeness (QED) is 0.822. The second-order valence-electron chi connectivity index (χ2n) is 7.59. The van der Waals surface area contributed by atoms with Gasteiger partial charge < -0.3 is 14.3 Å². The minimum absolute atomic E-state index is 0.0267. The maximum absolute atomic E-state index is 11.5. The fraction of sp³-hybridized carbons (Fsp3) is 0.588. The van der Waals surface area contributed by atoms with Crippen LogP contribution in [0.25, 0.3) is 0 Å². The van der Waals surface area contributed by atoms with E-state index in [0.717, 1.165) is 5.56 Å². The number of hydrogen-bond acceptors (Lipinski definition) is 4. The van der Waals surface area contributed by atoms with Crippen molar-refractivity contribution in [2.24, 2.45) is 0 Å². The first-order valence-electron chi connectivity index (χ1n) is 7.44. The van der Waals surface area contributed by atoms with Crippen LogP contribution in [0.2, 0.25) is 0 Å². The molecule has 0 radical (unpaired) electrons. The van der Waals surface area contributed by atoms with Crippen LogP contribution in [0.4, 0.5) is 0 Å². The summed E-state index contributed by atoms with van der Waals surface area (Å²) in [6, 6.07) is 6.38. The predicted molar refractivity (Wildman–Crippen MR) is 89.6 cm³/mol. The molecule has 0 unspecified atom stereocenters. The first kappa shape index (κ1) is 19.1. The van der Waals surface area contributed by atoms with E-state index in [9.17, 15) is 4.79 Å². The summed E-state index contributed by atoms with van der Waals surface area (Å²) in [7, 11) is -2.62. The summed E-state index contributed by atoms with van der Waals surface area (Å²) in [4.78, 5) is 28.9. The Hall–Kier alpha value is -0.960. The molecule has 0 amide bonds. The molecule has 0 atom stereocenters. The molecule has 22 heavy (non-hydrogen) atoms. The van der Waals surface area contributed by atoms with Gasteiger partial charge in [0.1, 0.15) is 0 Å². The zero-order chi connectivity index (χ0) is 17.1. The Kier molecular flexibility index (Phi) is 6.14. The molecule has 0 fully saturated rings. The molecule has 0 heterocycles. The normalized spacial score (nSPS) is 12.6. The highest BCUT2D eigenvalue weighted by Crippen LogP contribution is 2.32. The average Bonchev–Trinajstić information content (AvgIpc) is 2.33. The fourth-order valence-corrected chi connectivity index (χ4v) is 2.61. The number of rotatable bonds is 4. The third kappa shape index (κ3) is 5.68. The fourth-order valence-electron chi connectivity index (χ4n) is 2.33. The van der Waals surface area contributed by atoms with Crippen molar-refractivity contribution >= 4 is 14.6 Å². The van der Waals surface area contributed by atoms with Gasteiger partial charge in [0.05, 0.1) is 0 Å². The first-order chi connectivity index (χ1) is 9.91. The molecule has 0 aliphatic rings. The molecule has 0 aromatic heterocycles. The SMILES string of the molecule is CC(C)(C)c1ccc(CCC(=O)OP(O)O)c(C(C)(C)C)c1. The molecule has 4 nitrogen and oxygen atoms in total. The Bertz CT molecular complexity index is 524. The van der Waals surface area contributed by atoms with E-state index < -0.39 is 14.6 Å². The molecular weight excluding hydrogens is 299 g/mol. The van der Waals surface area contributed by atoms with Crippen molar-refractivity contribution in [2.75, 3.05) is 0 Å². The van der Waals surface area contributed by atoms with Crippen molar-refractivity contribution in [3.63, 3.8) is 0 Å². The second kappa shape index (κ2) is 7.08. The van der Waals surface area contributed by atoms with Crippen molar-refractivity contribution in [1.82, 2.24) is 0 Å². The third-order valence-electron chi connectivity index (χ3n) is 3.57. The number of aryl methyl sites for hydroxylation is 1. The highest BCUT2D eigenvalue weighted by Gasteiger charge is 2.22. The Labute approximate surface area is 134 Å².